The average molecular weight is 152 g/mol. The van der Waals surface area contributed by atoms with Gasteiger partial charge >= 0.3 is 0 Å². The van der Waals surface area contributed by atoms with E-state index in [4.69, 9.17) is 4.74 Å². The first-order valence-corrected chi connectivity index (χ1v) is 4.25. The van der Waals surface area contributed by atoms with E-state index in [2.05, 4.69) is 19.9 Å². The summed E-state index contributed by atoms with van der Waals surface area (Å²) in [5.41, 5.74) is 1.36. The second-order valence-electron chi connectivity index (χ2n) is 2.94. The van der Waals surface area contributed by atoms with Gasteiger partial charge in [0.05, 0.1) is 6.61 Å². The highest BCUT2D eigenvalue weighted by Crippen LogP contribution is 2.28. The maximum Gasteiger partial charge on any atom is 0.118 e. The minimum absolute atomic E-state index is 0.667. The van der Waals surface area contributed by atoms with Crippen LogP contribution >= 0.6 is 0 Å². The Kier molecular flexibility index (Phi) is 2.75. The van der Waals surface area contributed by atoms with E-state index in [1.54, 1.807) is 0 Å². The molecule has 0 aromatic heterocycles. The third-order valence-corrected chi connectivity index (χ3v) is 2.20. The molecule has 1 fully saturated rings. The Hall–Kier alpha value is -0.720. The average Bonchev–Trinajstić information content (AvgIpc) is 2.04. The molecule has 0 N–H and O–H groups in total. The highest BCUT2D eigenvalue weighted by Gasteiger charge is 2.18. The fraction of sp³-hybridized carbons (Fsp3) is 0.600. The lowest BCUT2D eigenvalue weighted by molar-refractivity contribution is 0.172. The van der Waals surface area contributed by atoms with Crippen molar-refractivity contribution in [2.24, 2.45) is 5.92 Å². The van der Waals surface area contributed by atoms with E-state index in [1.165, 1.54) is 5.57 Å². The molecule has 0 aliphatic carbocycles. The van der Waals surface area contributed by atoms with Crippen LogP contribution in [-0.2, 0) is 4.74 Å². The van der Waals surface area contributed by atoms with Gasteiger partial charge in [-0.05, 0) is 37.8 Å². The molecule has 1 saturated heterocycles. The van der Waals surface area contributed by atoms with E-state index >= 15 is 0 Å². The van der Waals surface area contributed by atoms with Crippen LogP contribution in [0.2, 0.25) is 0 Å². The molecule has 0 aromatic rings. The topological polar surface area (TPSA) is 9.23 Å². The molecule has 1 unspecified atom stereocenters. The molecule has 62 valence electrons. The van der Waals surface area contributed by atoms with Crippen molar-refractivity contribution < 1.29 is 4.74 Å². The third kappa shape index (κ3) is 1.65. The maximum atomic E-state index is 5.49. The van der Waals surface area contributed by atoms with Gasteiger partial charge in [-0.15, -0.1) is 0 Å². The highest BCUT2D eigenvalue weighted by atomic mass is 16.5. The second kappa shape index (κ2) is 3.61. The van der Waals surface area contributed by atoms with Gasteiger partial charge < -0.3 is 4.74 Å². The molecule has 1 rings (SSSR count). The van der Waals surface area contributed by atoms with Crippen LogP contribution in [0.25, 0.3) is 0 Å². The van der Waals surface area contributed by atoms with E-state index in [1.807, 2.05) is 13.0 Å². The quantitative estimate of drug-likeness (QED) is 0.518. The first kappa shape index (κ1) is 8.38. The maximum absolute atomic E-state index is 5.49. The predicted molar refractivity (Wildman–Crippen MR) is 47.2 cm³/mol. The van der Waals surface area contributed by atoms with Gasteiger partial charge in [0.15, 0.2) is 0 Å². The molecule has 0 amide bonds. The van der Waals surface area contributed by atoms with Crippen LogP contribution in [0.3, 0.4) is 0 Å². The zero-order valence-corrected chi connectivity index (χ0v) is 7.55. The van der Waals surface area contributed by atoms with Gasteiger partial charge in [-0.1, -0.05) is 13.0 Å². The number of hydrogen-bond acceptors (Lipinski definition) is 1. The summed E-state index contributed by atoms with van der Waals surface area (Å²) < 4.78 is 5.49. The lowest BCUT2D eigenvalue weighted by atomic mass is 9.94. The summed E-state index contributed by atoms with van der Waals surface area (Å²) in [6, 6.07) is 0. The molecule has 0 saturated carbocycles. The number of rotatable bonds is 0. The SMILES string of the molecule is CC=C1/C(=C\C)OCCC1C. The van der Waals surface area contributed by atoms with Gasteiger partial charge in [-0.2, -0.15) is 0 Å². The van der Waals surface area contributed by atoms with Crippen LogP contribution in [0.1, 0.15) is 27.2 Å². The summed E-state index contributed by atoms with van der Waals surface area (Å²) >= 11 is 0. The van der Waals surface area contributed by atoms with Crippen molar-refractivity contribution in [1.29, 1.82) is 0 Å². The lowest BCUT2D eigenvalue weighted by Gasteiger charge is -2.25. The number of hydrogen-bond donors (Lipinski definition) is 0. The molecule has 11 heavy (non-hydrogen) atoms. The van der Waals surface area contributed by atoms with Crippen LogP contribution in [0, 0.1) is 5.92 Å². The molecule has 0 aromatic carbocycles. The van der Waals surface area contributed by atoms with Gasteiger partial charge in [0.25, 0.3) is 0 Å². The van der Waals surface area contributed by atoms with E-state index < -0.39 is 0 Å². The Labute approximate surface area is 68.8 Å². The molecule has 1 heteroatoms. The van der Waals surface area contributed by atoms with E-state index in [-0.39, 0.29) is 0 Å². The molecule has 0 spiro atoms. The molecule has 1 nitrogen and oxygen atoms in total. The van der Waals surface area contributed by atoms with Gasteiger partial charge in [-0.3, -0.25) is 0 Å². The van der Waals surface area contributed by atoms with Gasteiger partial charge in [0.2, 0.25) is 0 Å². The predicted octanol–water partition coefficient (Wildman–Crippen LogP) is 2.89. The van der Waals surface area contributed by atoms with Crippen molar-refractivity contribution >= 4 is 0 Å². The number of ether oxygens (including phenoxy) is 1. The van der Waals surface area contributed by atoms with Gasteiger partial charge in [-0.25, -0.2) is 0 Å². The van der Waals surface area contributed by atoms with Crippen molar-refractivity contribution in [3.8, 4) is 0 Å². The van der Waals surface area contributed by atoms with Crippen LogP contribution < -0.4 is 0 Å². The Morgan fingerprint density at radius 1 is 1.36 bits per heavy atom. The summed E-state index contributed by atoms with van der Waals surface area (Å²) in [5.74, 6) is 1.74. The molecule has 1 atom stereocenters. The standard InChI is InChI=1S/C10H16O/c1-4-9-8(3)6-7-11-10(9)5-2/h4-5,8H,6-7H2,1-3H3/b9-4?,10-5+. The first-order valence-electron chi connectivity index (χ1n) is 4.25. The molecular formula is C10H16O. The largest absolute Gasteiger partial charge is 0.494 e. The number of allylic oxidation sites excluding steroid dienone is 3. The molecule has 1 heterocycles. The smallest absolute Gasteiger partial charge is 0.118 e. The zero-order chi connectivity index (χ0) is 8.27. The first-order chi connectivity index (χ1) is 5.29. The van der Waals surface area contributed by atoms with Crippen molar-refractivity contribution in [3.05, 3.63) is 23.5 Å². The lowest BCUT2D eigenvalue weighted by Crippen LogP contribution is -2.14. The summed E-state index contributed by atoms with van der Waals surface area (Å²) in [4.78, 5) is 0. The van der Waals surface area contributed by atoms with Crippen LogP contribution in [0.4, 0.5) is 0 Å². The Morgan fingerprint density at radius 3 is 2.55 bits per heavy atom. The van der Waals surface area contributed by atoms with E-state index in [0.717, 1.165) is 18.8 Å². The van der Waals surface area contributed by atoms with Gasteiger partial charge in [0, 0.05) is 0 Å². The summed E-state index contributed by atoms with van der Waals surface area (Å²) in [6.45, 7) is 7.22. The van der Waals surface area contributed by atoms with Gasteiger partial charge in [0.1, 0.15) is 5.76 Å². The summed E-state index contributed by atoms with van der Waals surface area (Å²) in [7, 11) is 0. The second-order valence-corrected chi connectivity index (χ2v) is 2.94. The fourth-order valence-electron chi connectivity index (χ4n) is 1.50. The van der Waals surface area contributed by atoms with Crippen LogP contribution in [-0.4, -0.2) is 6.61 Å². The Morgan fingerprint density at radius 2 is 2.09 bits per heavy atom. The Balaban J connectivity index is 2.81. The van der Waals surface area contributed by atoms with Crippen molar-refractivity contribution in [2.75, 3.05) is 6.61 Å². The van der Waals surface area contributed by atoms with Crippen molar-refractivity contribution in [3.63, 3.8) is 0 Å². The zero-order valence-electron chi connectivity index (χ0n) is 7.55. The van der Waals surface area contributed by atoms with E-state index in [0.29, 0.717) is 5.92 Å². The van der Waals surface area contributed by atoms with E-state index in [9.17, 15) is 0 Å². The molecule has 0 bridgehead atoms. The minimum atomic E-state index is 0.667. The highest BCUT2D eigenvalue weighted by molar-refractivity contribution is 5.28. The molecular weight excluding hydrogens is 136 g/mol. The summed E-state index contributed by atoms with van der Waals surface area (Å²) in [6.07, 6.45) is 5.35. The third-order valence-electron chi connectivity index (χ3n) is 2.20. The molecule has 1 aliphatic heterocycles. The molecule has 0 radical (unpaired) electrons. The summed E-state index contributed by atoms with van der Waals surface area (Å²) in [5, 5.41) is 0. The normalized spacial score (nSPS) is 32.5. The molecule has 1 aliphatic rings. The minimum Gasteiger partial charge on any atom is -0.494 e. The Bertz CT molecular complexity index is 189. The van der Waals surface area contributed by atoms with Crippen molar-refractivity contribution in [1.82, 2.24) is 0 Å². The van der Waals surface area contributed by atoms with Crippen LogP contribution in [0.15, 0.2) is 23.5 Å². The van der Waals surface area contributed by atoms with Crippen molar-refractivity contribution in [2.45, 2.75) is 27.2 Å². The van der Waals surface area contributed by atoms with Crippen LogP contribution in [0.5, 0.6) is 0 Å². The fourth-order valence-corrected chi connectivity index (χ4v) is 1.50. The monoisotopic (exact) mass is 152 g/mol.